The first-order valence-electron chi connectivity index (χ1n) is 7.27. The number of carbonyl (C=O) groups is 1. The second-order valence-electron chi connectivity index (χ2n) is 5.37. The predicted molar refractivity (Wildman–Crippen MR) is 96.6 cm³/mol. The molecule has 0 aliphatic heterocycles. The highest BCUT2D eigenvalue weighted by Crippen LogP contribution is 2.34. The topological polar surface area (TPSA) is 38.3 Å². The molecule has 0 unspecified atom stereocenters. The van der Waals surface area contributed by atoms with E-state index in [0.717, 1.165) is 10.3 Å². The van der Waals surface area contributed by atoms with Gasteiger partial charge in [-0.05, 0) is 36.8 Å². The van der Waals surface area contributed by atoms with Gasteiger partial charge in [-0.1, -0.05) is 23.7 Å². The summed E-state index contributed by atoms with van der Waals surface area (Å²) in [5, 5.41) is 3.83. The summed E-state index contributed by atoms with van der Waals surface area (Å²) >= 11 is 7.24. The molecule has 0 fully saturated rings. The van der Waals surface area contributed by atoms with Gasteiger partial charge < -0.3 is 10.1 Å². The minimum absolute atomic E-state index is 0.165. The molecule has 0 aliphatic carbocycles. The van der Waals surface area contributed by atoms with Gasteiger partial charge in [-0.15, -0.1) is 11.3 Å². The lowest BCUT2D eigenvalue weighted by Crippen LogP contribution is -2.13. The summed E-state index contributed by atoms with van der Waals surface area (Å²) < 4.78 is 20.1. The zero-order chi connectivity index (χ0) is 17.3. The average molecular weight is 364 g/mol. The lowest BCUT2D eigenvalue weighted by atomic mass is 10.1. The lowest BCUT2D eigenvalue weighted by molar-refractivity contribution is 0.102. The second kappa shape index (κ2) is 6.89. The van der Waals surface area contributed by atoms with Crippen molar-refractivity contribution in [3.63, 3.8) is 0 Å². The van der Waals surface area contributed by atoms with E-state index in [4.69, 9.17) is 16.3 Å². The summed E-state index contributed by atoms with van der Waals surface area (Å²) in [6, 6.07) is 10.1. The quantitative estimate of drug-likeness (QED) is 0.673. The Labute approximate surface area is 148 Å². The molecule has 0 aliphatic rings. The van der Waals surface area contributed by atoms with Crippen molar-refractivity contribution >= 4 is 44.6 Å². The fourth-order valence-electron chi connectivity index (χ4n) is 2.54. The summed E-state index contributed by atoms with van der Waals surface area (Å²) in [4.78, 5) is 13.2. The molecule has 0 saturated carbocycles. The monoisotopic (exact) mass is 363 g/mol. The van der Waals surface area contributed by atoms with Crippen molar-refractivity contribution in [2.45, 2.75) is 13.5 Å². The van der Waals surface area contributed by atoms with Crippen molar-refractivity contribution in [1.29, 1.82) is 0 Å². The maximum absolute atomic E-state index is 14.2. The Morgan fingerprint density at radius 2 is 2.12 bits per heavy atom. The van der Waals surface area contributed by atoms with Crippen molar-refractivity contribution in [3.8, 4) is 0 Å². The first-order chi connectivity index (χ1) is 11.5. The van der Waals surface area contributed by atoms with Crippen LogP contribution in [-0.2, 0) is 11.3 Å². The molecule has 0 atom stereocenters. The number of amides is 1. The molecule has 24 heavy (non-hydrogen) atoms. The van der Waals surface area contributed by atoms with Gasteiger partial charge in [-0.2, -0.15) is 0 Å². The molecular weight excluding hydrogens is 349 g/mol. The van der Waals surface area contributed by atoms with E-state index in [2.05, 4.69) is 5.32 Å². The van der Waals surface area contributed by atoms with Crippen LogP contribution in [0.2, 0.25) is 5.02 Å². The van der Waals surface area contributed by atoms with E-state index in [1.54, 1.807) is 24.3 Å². The van der Waals surface area contributed by atoms with E-state index in [1.165, 1.54) is 24.5 Å². The van der Waals surface area contributed by atoms with Crippen molar-refractivity contribution in [2.24, 2.45) is 0 Å². The number of rotatable bonds is 4. The SMILES string of the molecule is COCc1c(C(=O)Nc2cc(Cl)ccc2C)sc2cccc(F)c12. The zero-order valence-electron chi connectivity index (χ0n) is 13.2. The maximum atomic E-state index is 14.2. The number of hydrogen-bond acceptors (Lipinski definition) is 3. The van der Waals surface area contributed by atoms with Gasteiger partial charge in [0.2, 0.25) is 0 Å². The Hall–Kier alpha value is -1.95. The number of carbonyl (C=O) groups excluding carboxylic acids is 1. The maximum Gasteiger partial charge on any atom is 0.266 e. The van der Waals surface area contributed by atoms with Gasteiger partial charge in [0.25, 0.3) is 5.91 Å². The van der Waals surface area contributed by atoms with Crippen LogP contribution < -0.4 is 5.32 Å². The Kier molecular flexibility index (Phi) is 4.85. The minimum Gasteiger partial charge on any atom is -0.380 e. The molecular formula is C18H15ClFNO2S. The van der Waals surface area contributed by atoms with Gasteiger partial charge in [0, 0.05) is 33.5 Å². The van der Waals surface area contributed by atoms with E-state index in [9.17, 15) is 9.18 Å². The summed E-state index contributed by atoms with van der Waals surface area (Å²) in [6.45, 7) is 2.05. The normalized spacial score (nSPS) is 11.0. The van der Waals surface area contributed by atoms with Crippen molar-refractivity contribution in [1.82, 2.24) is 0 Å². The lowest BCUT2D eigenvalue weighted by Gasteiger charge is -2.09. The third kappa shape index (κ3) is 3.15. The van der Waals surface area contributed by atoms with Crippen LogP contribution in [0.5, 0.6) is 0 Å². The third-order valence-electron chi connectivity index (χ3n) is 3.71. The highest BCUT2D eigenvalue weighted by Gasteiger charge is 2.21. The summed E-state index contributed by atoms with van der Waals surface area (Å²) in [7, 11) is 1.52. The Morgan fingerprint density at radius 3 is 2.88 bits per heavy atom. The molecule has 2 aromatic carbocycles. The summed E-state index contributed by atoms with van der Waals surface area (Å²) in [5.41, 5.74) is 2.09. The van der Waals surface area contributed by atoms with Gasteiger partial charge in [-0.25, -0.2) is 4.39 Å². The smallest absolute Gasteiger partial charge is 0.266 e. The molecule has 3 rings (SSSR count). The van der Waals surface area contributed by atoms with Crippen LogP contribution in [0.3, 0.4) is 0 Å². The number of halogens is 2. The Bertz CT molecular complexity index is 923. The number of anilines is 1. The van der Waals surface area contributed by atoms with Crippen LogP contribution in [0.25, 0.3) is 10.1 Å². The molecule has 1 heterocycles. The average Bonchev–Trinajstić information content (AvgIpc) is 2.91. The van der Waals surface area contributed by atoms with Gasteiger partial charge >= 0.3 is 0 Å². The summed E-state index contributed by atoms with van der Waals surface area (Å²) in [6.07, 6.45) is 0. The standard InChI is InChI=1S/C18H15ClFNO2S/c1-10-6-7-11(19)8-14(10)21-18(22)17-12(9-23-2)16-13(20)4-3-5-15(16)24-17/h3-8H,9H2,1-2H3,(H,21,22). The largest absolute Gasteiger partial charge is 0.380 e. The summed E-state index contributed by atoms with van der Waals surface area (Å²) in [5.74, 6) is -0.651. The van der Waals surface area contributed by atoms with Gasteiger partial charge in [-0.3, -0.25) is 4.79 Å². The first-order valence-corrected chi connectivity index (χ1v) is 8.47. The van der Waals surface area contributed by atoms with Crippen molar-refractivity contribution in [3.05, 3.63) is 63.2 Å². The molecule has 124 valence electrons. The molecule has 1 aromatic heterocycles. The van der Waals surface area contributed by atoms with Crippen LogP contribution >= 0.6 is 22.9 Å². The molecule has 0 bridgehead atoms. The van der Waals surface area contributed by atoms with E-state index in [-0.39, 0.29) is 18.3 Å². The number of fused-ring (bicyclic) bond motifs is 1. The minimum atomic E-state index is -0.353. The Morgan fingerprint density at radius 1 is 1.33 bits per heavy atom. The molecule has 0 radical (unpaired) electrons. The van der Waals surface area contributed by atoms with Crippen molar-refractivity contribution in [2.75, 3.05) is 12.4 Å². The number of ether oxygens (including phenoxy) is 1. The number of hydrogen-bond donors (Lipinski definition) is 1. The van der Waals surface area contributed by atoms with Crippen LogP contribution in [-0.4, -0.2) is 13.0 Å². The molecule has 1 N–H and O–H groups in total. The van der Waals surface area contributed by atoms with Gasteiger partial charge in [0.1, 0.15) is 5.82 Å². The first kappa shape index (κ1) is 16.9. The number of thiophene rings is 1. The molecule has 0 spiro atoms. The third-order valence-corrected chi connectivity index (χ3v) is 5.14. The highest BCUT2D eigenvalue weighted by atomic mass is 35.5. The number of benzene rings is 2. The van der Waals surface area contributed by atoms with Crippen LogP contribution in [0, 0.1) is 12.7 Å². The number of aryl methyl sites for hydroxylation is 1. The highest BCUT2D eigenvalue weighted by molar-refractivity contribution is 7.21. The van der Waals surface area contributed by atoms with E-state index >= 15 is 0 Å². The fourth-order valence-corrected chi connectivity index (χ4v) is 3.83. The molecule has 1 amide bonds. The molecule has 3 aromatic rings. The Balaban J connectivity index is 2.05. The van der Waals surface area contributed by atoms with E-state index < -0.39 is 0 Å². The van der Waals surface area contributed by atoms with E-state index in [1.807, 2.05) is 13.0 Å². The molecule has 3 nitrogen and oxygen atoms in total. The van der Waals surface area contributed by atoms with Gasteiger partial charge in [0.15, 0.2) is 0 Å². The van der Waals surface area contributed by atoms with Crippen LogP contribution in [0.15, 0.2) is 36.4 Å². The van der Waals surface area contributed by atoms with Crippen LogP contribution in [0.4, 0.5) is 10.1 Å². The van der Waals surface area contributed by atoms with Gasteiger partial charge in [0.05, 0.1) is 11.5 Å². The van der Waals surface area contributed by atoms with Crippen LogP contribution in [0.1, 0.15) is 20.8 Å². The second-order valence-corrected chi connectivity index (χ2v) is 6.86. The fraction of sp³-hybridized carbons (Fsp3) is 0.167. The van der Waals surface area contributed by atoms with Crippen molar-refractivity contribution < 1.29 is 13.9 Å². The number of methoxy groups -OCH3 is 1. The number of nitrogens with one attached hydrogen (secondary N) is 1. The molecule has 0 saturated heterocycles. The van der Waals surface area contributed by atoms with E-state index in [0.29, 0.717) is 26.5 Å². The molecule has 6 heteroatoms. The zero-order valence-corrected chi connectivity index (χ0v) is 14.7. The predicted octanol–water partition coefficient (Wildman–Crippen LogP) is 5.40.